The van der Waals surface area contributed by atoms with Gasteiger partial charge in [-0.1, -0.05) is 23.2 Å². The highest BCUT2D eigenvalue weighted by molar-refractivity contribution is 6.35. The molecule has 5 heterocycles. The number of carbonyl (C=O) groups is 1. The summed E-state index contributed by atoms with van der Waals surface area (Å²) in [5.74, 6) is 1.01. The summed E-state index contributed by atoms with van der Waals surface area (Å²) in [6, 6.07) is 9.57. The second-order valence-corrected chi connectivity index (χ2v) is 12.4. The first kappa shape index (κ1) is 29.1. The summed E-state index contributed by atoms with van der Waals surface area (Å²) >= 11 is 12.6. The molecule has 2 atom stereocenters. The van der Waals surface area contributed by atoms with Crippen LogP contribution in [0.25, 0.3) is 11.3 Å². The van der Waals surface area contributed by atoms with Gasteiger partial charge in [-0.3, -0.25) is 14.6 Å². The van der Waals surface area contributed by atoms with Gasteiger partial charge >= 0.3 is 5.97 Å². The third-order valence-electron chi connectivity index (χ3n) is 8.31. The van der Waals surface area contributed by atoms with E-state index in [-0.39, 0.29) is 18.4 Å². The molecular weight excluding hydrogens is 579 g/mol. The van der Waals surface area contributed by atoms with Crippen molar-refractivity contribution in [1.29, 1.82) is 0 Å². The first-order chi connectivity index (χ1) is 20.3. The Morgan fingerprint density at radius 3 is 2.43 bits per heavy atom. The van der Waals surface area contributed by atoms with Gasteiger partial charge in [0.25, 0.3) is 0 Å². The van der Waals surface area contributed by atoms with E-state index in [2.05, 4.69) is 24.7 Å². The lowest BCUT2D eigenvalue weighted by atomic mass is 9.93. The van der Waals surface area contributed by atoms with Crippen molar-refractivity contribution in [1.82, 2.24) is 24.8 Å². The lowest BCUT2D eigenvalue weighted by Gasteiger charge is -2.37. The first-order valence-electron chi connectivity index (χ1n) is 14.4. The fourth-order valence-corrected chi connectivity index (χ4v) is 6.78. The summed E-state index contributed by atoms with van der Waals surface area (Å²) in [5.41, 5.74) is 2.47. The molecule has 2 N–H and O–H groups in total. The van der Waals surface area contributed by atoms with Crippen molar-refractivity contribution >= 4 is 35.1 Å². The Morgan fingerprint density at radius 1 is 0.976 bits per heavy atom. The van der Waals surface area contributed by atoms with Gasteiger partial charge < -0.3 is 19.8 Å². The molecule has 3 aromatic rings. The molecule has 3 aliphatic rings. The van der Waals surface area contributed by atoms with Gasteiger partial charge in [-0.05, 0) is 68.1 Å². The highest BCUT2D eigenvalue weighted by atomic mass is 35.5. The monoisotopic (exact) mass is 612 g/mol. The Labute approximate surface area is 254 Å². The van der Waals surface area contributed by atoms with E-state index >= 15 is 0 Å². The molecule has 0 radical (unpaired) electrons. The number of aromatic nitrogens is 3. The minimum Gasteiger partial charge on any atom is -0.481 e. The molecule has 2 aromatic heterocycles. The van der Waals surface area contributed by atoms with Gasteiger partial charge in [0, 0.05) is 66.9 Å². The quantitative estimate of drug-likeness (QED) is 0.374. The maximum atomic E-state index is 11.1. The minimum atomic E-state index is -0.734. The van der Waals surface area contributed by atoms with Crippen LogP contribution >= 0.6 is 23.2 Å². The van der Waals surface area contributed by atoms with Crippen molar-refractivity contribution < 1.29 is 19.7 Å². The lowest BCUT2D eigenvalue weighted by Crippen LogP contribution is -2.50. The van der Waals surface area contributed by atoms with E-state index in [1.54, 1.807) is 18.5 Å². The van der Waals surface area contributed by atoms with Gasteiger partial charge in [0.1, 0.15) is 0 Å². The van der Waals surface area contributed by atoms with Gasteiger partial charge in [-0.25, -0.2) is 15.0 Å². The summed E-state index contributed by atoms with van der Waals surface area (Å²) in [7, 11) is 0. The zero-order chi connectivity index (χ0) is 29.2. The number of aliphatic hydroxyl groups excluding tert-OH is 1. The molecule has 0 saturated carbocycles. The van der Waals surface area contributed by atoms with Crippen LogP contribution in [-0.2, 0) is 11.3 Å². The molecular formula is C30H34Cl2N6O4. The Morgan fingerprint density at radius 2 is 1.71 bits per heavy atom. The average molecular weight is 614 g/mol. The summed E-state index contributed by atoms with van der Waals surface area (Å²) in [5, 5.41) is 20.2. The Kier molecular flexibility index (Phi) is 8.78. The van der Waals surface area contributed by atoms with Gasteiger partial charge in [-0.15, -0.1) is 0 Å². The molecule has 3 aliphatic heterocycles. The van der Waals surface area contributed by atoms with Crippen molar-refractivity contribution in [3.63, 3.8) is 0 Å². The molecule has 6 rings (SSSR count). The molecule has 10 nitrogen and oxygen atoms in total. The fourth-order valence-electron chi connectivity index (χ4n) is 6.25. The van der Waals surface area contributed by atoms with Crippen LogP contribution in [0.3, 0.4) is 0 Å². The van der Waals surface area contributed by atoms with E-state index in [0.29, 0.717) is 45.9 Å². The number of fused-ring (bicyclic) bond motifs is 1. The van der Waals surface area contributed by atoms with Crippen molar-refractivity contribution in [2.75, 3.05) is 44.2 Å². The minimum absolute atomic E-state index is 0.218. The molecule has 3 saturated heterocycles. The van der Waals surface area contributed by atoms with E-state index in [0.717, 1.165) is 69.7 Å². The number of anilines is 1. The van der Waals surface area contributed by atoms with E-state index in [4.69, 9.17) is 38.0 Å². The third kappa shape index (κ3) is 7.12. The highest BCUT2D eigenvalue weighted by Crippen LogP contribution is 2.31. The van der Waals surface area contributed by atoms with Crippen molar-refractivity contribution in [2.24, 2.45) is 5.92 Å². The average Bonchev–Trinajstić information content (AvgIpc) is 3.33. The predicted molar refractivity (Wildman–Crippen MR) is 160 cm³/mol. The number of aliphatic hydroxyl groups is 1. The Hall–Kier alpha value is -3.02. The maximum Gasteiger partial charge on any atom is 0.303 e. The summed E-state index contributed by atoms with van der Waals surface area (Å²) < 4.78 is 6.17. The maximum absolute atomic E-state index is 11.1. The van der Waals surface area contributed by atoms with Crippen LogP contribution in [0, 0.1) is 5.92 Å². The van der Waals surface area contributed by atoms with E-state index in [1.165, 1.54) is 0 Å². The number of hydrogen-bond donors (Lipinski definition) is 2. The lowest BCUT2D eigenvalue weighted by molar-refractivity contribution is -0.138. The van der Waals surface area contributed by atoms with Crippen LogP contribution < -0.4 is 9.64 Å². The molecule has 0 amide bonds. The van der Waals surface area contributed by atoms with Gasteiger partial charge in [0.2, 0.25) is 11.8 Å². The number of piperazine rings is 1. The van der Waals surface area contributed by atoms with Crippen LogP contribution in [0.15, 0.2) is 42.7 Å². The molecule has 42 heavy (non-hydrogen) atoms. The van der Waals surface area contributed by atoms with Crippen LogP contribution in [0.4, 0.5) is 5.95 Å². The topological polar surface area (TPSA) is 115 Å². The van der Waals surface area contributed by atoms with Gasteiger partial charge in [0.15, 0.2) is 5.75 Å². The zero-order valence-corrected chi connectivity index (χ0v) is 24.7. The number of nitrogens with zero attached hydrogens (tertiary/aromatic N) is 6. The number of carboxylic acids is 1. The van der Waals surface area contributed by atoms with Crippen molar-refractivity contribution in [2.45, 2.75) is 44.4 Å². The molecule has 222 valence electrons. The van der Waals surface area contributed by atoms with Gasteiger partial charge in [-0.2, -0.15) is 0 Å². The normalized spacial score (nSPS) is 21.8. The summed E-state index contributed by atoms with van der Waals surface area (Å²) in [6.07, 6.45) is 5.79. The number of rotatable bonds is 8. The van der Waals surface area contributed by atoms with Crippen molar-refractivity contribution in [3.8, 4) is 22.9 Å². The van der Waals surface area contributed by atoms with Crippen LogP contribution in [0.1, 0.15) is 31.2 Å². The van der Waals surface area contributed by atoms with E-state index in [1.807, 2.05) is 24.3 Å². The van der Waals surface area contributed by atoms with E-state index < -0.39 is 5.97 Å². The molecule has 2 unspecified atom stereocenters. The second kappa shape index (κ2) is 12.7. The highest BCUT2D eigenvalue weighted by Gasteiger charge is 2.36. The second-order valence-electron chi connectivity index (χ2n) is 11.5. The molecule has 1 aromatic carbocycles. The number of likely N-dealkylation sites (tertiary alicyclic amines) is 1. The van der Waals surface area contributed by atoms with Crippen LogP contribution in [0.5, 0.6) is 11.6 Å². The third-order valence-corrected chi connectivity index (χ3v) is 8.75. The summed E-state index contributed by atoms with van der Waals surface area (Å²) in [6.45, 7) is 5.57. The smallest absolute Gasteiger partial charge is 0.303 e. The molecule has 12 heteroatoms. The number of pyridine rings is 1. The zero-order valence-electron chi connectivity index (χ0n) is 23.2. The molecule has 0 spiro atoms. The van der Waals surface area contributed by atoms with Gasteiger partial charge in [0.05, 0.1) is 24.2 Å². The van der Waals surface area contributed by atoms with Crippen LogP contribution in [-0.4, -0.2) is 92.3 Å². The first-order valence-corrected chi connectivity index (χ1v) is 15.1. The Balaban J connectivity index is 1.19. The largest absolute Gasteiger partial charge is 0.481 e. The number of halogens is 2. The SMILES string of the molecule is O=C(O)CC1CCN(Cc2cc(Oc3cnc(N4CCN5CC(O)CC5C4)nc3)nc(-c3cc(Cl)cc(Cl)c3)c2)CC1. The number of aliphatic carboxylic acids is 1. The molecule has 0 aliphatic carbocycles. The predicted octanol–water partition coefficient (Wildman–Crippen LogP) is 4.58. The fraction of sp³-hybridized carbons (Fsp3) is 0.467. The number of ether oxygens (including phenoxy) is 1. The van der Waals surface area contributed by atoms with E-state index in [9.17, 15) is 9.90 Å². The van der Waals surface area contributed by atoms with Crippen LogP contribution in [0.2, 0.25) is 10.0 Å². The molecule has 0 bridgehead atoms. The number of hydrogen-bond acceptors (Lipinski definition) is 9. The number of carboxylic acid groups (broad SMARTS) is 1. The van der Waals surface area contributed by atoms with Crippen molar-refractivity contribution in [3.05, 3.63) is 58.3 Å². The molecule has 3 fully saturated rings. The number of benzene rings is 1. The number of piperidine rings is 1. The standard InChI is InChI=1S/C30H34Cl2N6O4/c31-22-10-21(11-23(32)12-22)27-7-20(16-36-3-1-19(2-4-36)9-29(40)41)8-28(35-27)42-26-14-33-30(34-15-26)38-6-5-37-18-25(39)13-24(37)17-38/h7-8,10-12,14-15,19,24-25,39H,1-6,9,13,16-18H2,(H,40,41). The Bertz CT molecular complexity index is 1400. The summed E-state index contributed by atoms with van der Waals surface area (Å²) in [4.78, 5) is 31.8.